The number of Topliss-reactive ketones (excluding diaryl/α,β-unsaturated/α-hetero) is 1. The lowest BCUT2D eigenvalue weighted by Crippen LogP contribution is -2.65. The van der Waals surface area contributed by atoms with Crippen LogP contribution in [0.15, 0.2) is 12.1 Å². The summed E-state index contributed by atoms with van der Waals surface area (Å²) < 4.78 is 11.8. The van der Waals surface area contributed by atoms with Crippen molar-refractivity contribution < 1.29 is 29.0 Å². The molecule has 2 N–H and O–H groups in total. The topological polar surface area (TPSA) is 105 Å². The number of ether oxygens (including phenoxy) is 2. The summed E-state index contributed by atoms with van der Waals surface area (Å²) in [7, 11) is 2.15. The number of benzene rings is 1. The number of nitrogens with zero attached hydrogens (tertiary/aromatic N) is 1. The first kappa shape index (κ1) is 20.3. The van der Waals surface area contributed by atoms with Crippen LogP contribution < -0.4 is 14.8 Å². The van der Waals surface area contributed by atoms with Crippen LogP contribution in [0.2, 0.25) is 0 Å². The van der Waals surface area contributed by atoms with E-state index in [9.17, 15) is 19.5 Å². The average Bonchev–Trinajstić information content (AvgIpc) is 3.07. The zero-order valence-electron chi connectivity index (χ0n) is 18.0. The third kappa shape index (κ3) is 2.80. The highest BCUT2D eigenvalue weighted by Crippen LogP contribution is 2.63. The molecule has 0 aromatic heterocycles. The van der Waals surface area contributed by atoms with E-state index >= 15 is 0 Å². The van der Waals surface area contributed by atoms with Gasteiger partial charge < -0.3 is 24.8 Å². The monoisotopic (exact) mass is 428 g/mol. The van der Waals surface area contributed by atoms with Gasteiger partial charge in [-0.2, -0.15) is 0 Å². The van der Waals surface area contributed by atoms with Crippen LogP contribution in [0, 0.1) is 11.8 Å². The molecule has 2 heterocycles. The molecule has 1 amide bonds. The molecular weight excluding hydrogens is 400 g/mol. The molecular formula is C23H28N2O6. The smallest absolute Gasteiger partial charge is 0.413 e. The lowest BCUT2D eigenvalue weighted by atomic mass is 9.52. The van der Waals surface area contributed by atoms with Gasteiger partial charge >= 0.3 is 12.1 Å². The molecule has 1 aromatic carbocycles. The van der Waals surface area contributed by atoms with Gasteiger partial charge in [-0.3, -0.25) is 4.79 Å². The summed E-state index contributed by atoms with van der Waals surface area (Å²) in [6.45, 7) is 4.33. The Balaban J connectivity index is 1.52. The van der Waals surface area contributed by atoms with Crippen LogP contribution in [0.25, 0.3) is 0 Å². The second-order valence-electron chi connectivity index (χ2n) is 9.67. The Labute approximate surface area is 180 Å². The Bertz CT molecular complexity index is 975. The molecule has 1 spiro atoms. The number of carbonyl (C=O) groups is 3. The number of carboxylic acids is 1. The van der Waals surface area contributed by atoms with E-state index in [2.05, 4.69) is 17.3 Å². The second-order valence-corrected chi connectivity index (χ2v) is 9.67. The largest absolute Gasteiger partial charge is 0.480 e. The molecule has 4 aliphatic rings. The van der Waals surface area contributed by atoms with E-state index in [4.69, 9.17) is 9.47 Å². The number of hydrogen-bond acceptors (Lipinski definition) is 6. The van der Waals surface area contributed by atoms with E-state index in [1.165, 1.54) is 0 Å². The van der Waals surface area contributed by atoms with Crippen molar-refractivity contribution in [3.05, 3.63) is 23.3 Å². The molecule has 31 heavy (non-hydrogen) atoms. The normalized spacial score (nSPS) is 31.6. The Morgan fingerprint density at radius 3 is 2.84 bits per heavy atom. The third-order valence-corrected chi connectivity index (χ3v) is 7.78. The van der Waals surface area contributed by atoms with Gasteiger partial charge in [-0.1, -0.05) is 19.9 Å². The van der Waals surface area contributed by atoms with Gasteiger partial charge in [0.15, 0.2) is 23.4 Å². The summed E-state index contributed by atoms with van der Waals surface area (Å²) >= 11 is 0. The van der Waals surface area contributed by atoms with E-state index in [0.717, 1.165) is 36.9 Å². The van der Waals surface area contributed by atoms with Crippen molar-refractivity contribution in [1.29, 1.82) is 0 Å². The van der Waals surface area contributed by atoms with Gasteiger partial charge in [0.1, 0.15) is 6.04 Å². The quantitative estimate of drug-likeness (QED) is 0.757. The molecule has 1 aromatic rings. The number of aliphatic carboxylic acids is 1. The Morgan fingerprint density at radius 1 is 1.35 bits per heavy atom. The van der Waals surface area contributed by atoms with Crippen LogP contribution >= 0.6 is 0 Å². The van der Waals surface area contributed by atoms with Crippen molar-refractivity contribution in [3.8, 4) is 11.5 Å². The second kappa shape index (κ2) is 6.95. The van der Waals surface area contributed by atoms with Gasteiger partial charge in [-0.25, -0.2) is 9.59 Å². The average molecular weight is 428 g/mol. The van der Waals surface area contributed by atoms with E-state index in [1.807, 2.05) is 6.07 Å². The Kier molecular flexibility index (Phi) is 4.55. The highest BCUT2D eigenvalue weighted by atomic mass is 16.6. The first-order valence-electron chi connectivity index (χ1n) is 11.0. The van der Waals surface area contributed by atoms with Crippen LogP contribution in [-0.2, 0) is 21.4 Å². The minimum atomic E-state index is -1.12. The number of piperidine rings is 1. The minimum Gasteiger partial charge on any atom is -0.480 e. The highest BCUT2D eigenvalue weighted by Gasteiger charge is 2.65. The van der Waals surface area contributed by atoms with Gasteiger partial charge in [0.25, 0.3) is 0 Å². The molecule has 1 unspecified atom stereocenters. The fourth-order valence-electron chi connectivity index (χ4n) is 6.36. The number of carboxylic acid groups (broad SMARTS) is 1. The Morgan fingerprint density at radius 2 is 2.13 bits per heavy atom. The molecule has 166 valence electrons. The van der Waals surface area contributed by atoms with Crippen molar-refractivity contribution in [2.75, 3.05) is 13.6 Å². The maximum atomic E-state index is 12.9. The summed E-state index contributed by atoms with van der Waals surface area (Å²) in [5.74, 6) is -0.229. The molecule has 2 aliphatic carbocycles. The number of amides is 1. The maximum absolute atomic E-state index is 12.9. The number of carbonyl (C=O) groups excluding carboxylic acids is 2. The van der Waals surface area contributed by atoms with Gasteiger partial charge in [0.05, 0.1) is 0 Å². The van der Waals surface area contributed by atoms with Gasteiger partial charge in [0.2, 0.25) is 0 Å². The molecule has 2 aliphatic heterocycles. The van der Waals surface area contributed by atoms with E-state index in [1.54, 1.807) is 19.9 Å². The first-order chi connectivity index (χ1) is 14.7. The number of likely N-dealkylation sites (tertiary alicyclic amines) is 1. The summed E-state index contributed by atoms with van der Waals surface area (Å²) in [6.07, 6.45) is 1.71. The van der Waals surface area contributed by atoms with Crippen LogP contribution in [0.5, 0.6) is 11.5 Å². The van der Waals surface area contributed by atoms with Crippen LogP contribution in [0.3, 0.4) is 0 Å². The van der Waals surface area contributed by atoms with Crippen molar-refractivity contribution in [1.82, 2.24) is 10.2 Å². The van der Waals surface area contributed by atoms with Crippen molar-refractivity contribution in [3.63, 3.8) is 0 Å². The van der Waals surface area contributed by atoms with Crippen LogP contribution in [0.1, 0.15) is 44.2 Å². The predicted octanol–water partition coefficient (Wildman–Crippen LogP) is 2.12. The number of nitrogens with one attached hydrogen (secondary N) is 1. The maximum Gasteiger partial charge on any atom is 0.413 e. The highest BCUT2D eigenvalue weighted by molar-refractivity contribution is 5.89. The number of rotatable bonds is 4. The third-order valence-electron chi connectivity index (χ3n) is 7.78. The number of hydrogen-bond donors (Lipinski definition) is 2. The van der Waals surface area contributed by atoms with Gasteiger partial charge in [-0.05, 0) is 56.3 Å². The van der Waals surface area contributed by atoms with E-state index in [0.29, 0.717) is 24.1 Å². The van der Waals surface area contributed by atoms with E-state index < -0.39 is 24.2 Å². The molecule has 1 saturated carbocycles. The molecule has 8 nitrogen and oxygen atoms in total. The van der Waals surface area contributed by atoms with Crippen molar-refractivity contribution >= 4 is 17.8 Å². The molecule has 8 heteroatoms. The zero-order chi connectivity index (χ0) is 22.1. The SMILES string of the molecule is CC(C)[C@@H](NC(=O)Oc1ccc2c3c1O[C@H]1C(=O)CCC4[C@@H](C2)N(C)CC[C@@]341)C(=O)O. The first-order valence-corrected chi connectivity index (χ1v) is 11.0. The summed E-state index contributed by atoms with van der Waals surface area (Å²) in [4.78, 5) is 39.2. The summed E-state index contributed by atoms with van der Waals surface area (Å²) in [6, 6.07) is 2.99. The standard InChI is InChI=1S/C23H28N2O6/c1-11(2)18(21(27)28)24-22(29)30-16-7-4-12-10-14-13-5-6-15(26)20-23(13,8-9-25(14)3)17(12)19(16)31-20/h4,7,11,13-14,18,20H,5-6,8-10H2,1-3H3,(H,24,29)(H,27,28)/t13?,14-,18-,20+,23+/m1/s1. The lowest BCUT2D eigenvalue weighted by Gasteiger charge is -2.57. The van der Waals surface area contributed by atoms with Gasteiger partial charge in [0, 0.05) is 23.4 Å². The number of likely N-dealkylation sites (N-methyl/N-ethyl adjacent to an activating group) is 1. The van der Waals surface area contributed by atoms with Gasteiger partial charge in [-0.15, -0.1) is 0 Å². The fourth-order valence-corrected chi connectivity index (χ4v) is 6.36. The minimum absolute atomic E-state index is 0.116. The van der Waals surface area contributed by atoms with E-state index in [-0.39, 0.29) is 22.9 Å². The molecule has 0 radical (unpaired) electrons. The molecule has 1 saturated heterocycles. The molecule has 2 bridgehead atoms. The zero-order valence-corrected chi connectivity index (χ0v) is 18.0. The summed E-state index contributed by atoms with van der Waals surface area (Å²) in [5, 5.41) is 11.8. The van der Waals surface area contributed by atoms with Crippen molar-refractivity contribution in [2.24, 2.45) is 11.8 Å². The Hall–Kier alpha value is -2.61. The molecule has 5 rings (SSSR count). The lowest BCUT2D eigenvalue weighted by molar-refractivity contribution is -0.140. The predicted molar refractivity (Wildman–Crippen MR) is 110 cm³/mol. The van der Waals surface area contributed by atoms with Crippen molar-refractivity contribution in [2.45, 2.75) is 63.1 Å². The molecule has 5 atom stereocenters. The van der Waals surface area contributed by atoms with Crippen LogP contribution in [-0.4, -0.2) is 59.6 Å². The number of ketones is 1. The molecule has 2 fully saturated rings. The van der Waals surface area contributed by atoms with Crippen LogP contribution in [0.4, 0.5) is 4.79 Å². The fraction of sp³-hybridized carbons (Fsp3) is 0.609. The summed E-state index contributed by atoms with van der Waals surface area (Å²) in [5.41, 5.74) is 1.83.